The highest BCUT2D eigenvalue weighted by Crippen LogP contribution is 2.22. The van der Waals surface area contributed by atoms with Crippen molar-refractivity contribution in [3.63, 3.8) is 0 Å². The molecule has 2 aromatic rings. The normalized spacial score (nSPS) is 11.8. The zero-order valence-corrected chi connectivity index (χ0v) is 14.4. The van der Waals surface area contributed by atoms with E-state index in [1.807, 2.05) is 0 Å². The number of benzene rings is 1. The second-order valence-corrected chi connectivity index (χ2v) is 5.96. The minimum Gasteiger partial charge on any atom is -0.510 e. The van der Waals surface area contributed by atoms with Gasteiger partial charge in [-0.3, -0.25) is 0 Å². The molecule has 1 aromatic heterocycles. The Balaban J connectivity index is 2.21. The minimum absolute atomic E-state index is 0.00855. The zero-order valence-electron chi connectivity index (χ0n) is 12.9. The van der Waals surface area contributed by atoms with Gasteiger partial charge in [0.25, 0.3) is 0 Å². The number of aliphatic hydroxyl groups excluding tert-OH is 1. The number of methoxy groups -OCH3 is 1. The fraction of sp³-hybridized carbons (Fsp3) is 0.214. The van der Waals surface area contributed by atoms with E-state index in [0.29, 0.717) is 15.9 Å². The first-order valence-electron chi connectivity index (χ1n) is 6.67. The van der Waals surface area contributed by atoms with Crippen molar-refractivity contribution in [3.05, 3.63) is 40.6 Å². The molecule has 0 aliphatic carbocycles. The van der Waals surface area contributed by atoms with Gasteiger partial charge in [-0.2, -0.15) is 4.68 Å². The summed E-state index contributed by atoms with van der Waals surface area (Å²) in [6, 6.07) is 6.91. The summed E-state index contributed by atoms with van der Waals surface area (Å²) in [6.07, 6.45) is 0. The van der Waals surface area contributed by atoms with Gasteiger partial charge >= 0.3 is 5.97 Å². The van der Waals surface area contributed by atoms with E-state index < -0.39 is 5.97 Å². The maximum atomic E-state index is 11.6. The van der Waals surface area contributed by atoms with Crippen LogP contribution in [-0.2, 0) is 9.53 Å². The molecule has 0 spiro atoms. The summed E-state index contributed by atoms with van der Waals surface area (Å²) in [7, 11) is 1.19. The molecule has 2 N–H and O–H groups in total. The molecule has 1 aromatic carbocycles. The molecule has 8 nitrogen and oxygen atoms in total. The third-order valence-corrected chi connectivity index (χ3v) is 4.09. The van der Waals surface area contributed by atoms with Crippen molar-refractivity contribution in [1.29, 1.82) is 5.41 Å². The highest BCUT2D eigenvalue weighted by Gasteiger charge is 2.19. The third kappa shape index (κ3) is 4.12. The Morgan fingerprint density at radius 3 is 2.67 bits per heavy atom. The average Bonchev–Trinajstić information content (AvgIpc) is 3.01. The van der Waals surface area contributed by atoms with Crippen LogP contribution < -0.4 is 0 Å². The fourth-order valence-corrected chi connectivity index (χ4v) is 2.70. The number of rotatable bonds is 6. The maximum Gasteiger partial charge on any atom is 0.343 e. The predicted octanol–water partition coefficient (Wildman–Crippen LogP) is 2.43. The van der Waals surface area contributed by atoms with Gasteiger partial charge in [-0.05, 0) is 41.6 Å². The van der Waals surface area contributed by atoms with E-state index in [9.17, 15) is 9.90 Å². The summed E-state index contributed by atoms with van der Waals surface area (Å²) in [5, 5.41) is 30.1. The van der Waals surface area contributed by atoms with Crippen LogP contribution in [0.1, 0.15) is 6.92 Å². The van der Waals surface area contributed by atoms with E-state index in [-0.39, 0.29) is 22.8 Å². The Morgan fingerprint density at radius 2 is 2.08 bits per heavy atom. The van der Waals surface area contributed by atoms with Crippen molar-refractivity contribution in [2.24, 2.45) is 0 Å². The molecule has 0 amide bonds. The third-order valence-electron chi connectivity index (χ3n) is 2.90. The van der Waals surface area contributed by atoms with Gasteiger partial charge in [0.2, 0.25) is 5.16 Å². The molecule has 0 fully saturated rings. The number of carbonyl (C=O) groups excluding carboxylic acids is 1. The van der Waals surface area contributed by atoms with Crippen molar-refractivity contribution in [1.82, 2.24) is 20.2 Å². The number of hydrogen-bond donors (Lipinski definition) is 2. The molecule has 0 aliphatic rings. The van der Waals surface area contributed by atoms with E-state index in [2.05, 4.69) is 20.3 Å². The number of hydrogen-bond acceptors (Lipinski definition) is 8. The predicted molar refractivity (Wildman–Crippen MR) is 90.0 cm³/mol. The molecule has 0 saturated heterocycles. The van der Waals surface area contributed by atoms with E-state index in [0.717, 1.165) is 11.8 Å². The Morgan fingerprint density at radius 1 is 1.42 bits per heavy atom. The molecule has 0 atom stereocenters. The molecule has 126 valence electrons. The van der Waals surface area contributed by atoms with Gasteiger partial charge in [0.05, 0.1) is 18.6 Å². The SMILES string of the molecule is COC(=O)C(C(C)=N)=C(O)CSc1nnnn1-c1ccc(Cl)cc1. The van der Waals surface area contributed by atoms with E-state index in [1.54, 1.807) is 24.3 Å². The lowest BCUT2D eigenvalue weighted by atomic mass is 10.1. The van der Waals surface area contributed by atoms with Crippen LogP contribution in [0.5, 0.6) is 0 Å². The van der Waals surface area contributed by atoms with Gasteiger partial charge in [0, 0.05) is 10.7 Å². The number of tetrazole rings is 1. The van der Waals surface area contributed by atoms with Crippen LogP contribution in [0.25, 0.3) is 5.69 Å². The summed E-state index contributed by atoms with van der Waals surface area (Å²) in [5.74, 6) is -1.03. The van der Waals surface area contributed by atoms with Gasteiger partial charge in [-0.15, -0.1) is 5.10 Å². The number of thioether (sulfide) groups is 1. The second-order valence-electron chi connectivity index (χ2n) is 4.58. The first-order chi connectivity index (χ1) is 11.4. The van der Waals surface area contributed by atoms with Crippen molar-refractivity contribution >= 4 is 35.0 Å². The number of carbonyl (C=O) groups is 1. The minimum atomic E-state index is -0.766. The summed E-state index contributed by atoms with van der Waals surface area (Å²) >= 11 is 6.97. The number of aliphatic hydroxyl groups is 1. The molecule has 0 aliphatic heterocycles. The lowest BCUT2D eigenvalue weighted by Crippen LogP contribution is -2.15. The average molecular weight is 368 g/mol. The highest BCUT2D eigenvalue weighted by atomic mass is 35.5. The van der Waals surface area contributed by atoms with Gasteiger partial charge in [0.15, 0.2) is 0 Å². The number of ether oxygens (including phenoxy) is 1. The van der Waals surface area contributed by atoms with Gasteiger partial charge < -0.3 is 15.3 Å². The van der Waals surface area contributed by atoms with E-state index >= 15 is 0 Å². The fourth-order valence-electron chi connectivity index (χ4n) is 1.81. The van der Waals surface area contributed by atoms with Crippen molar-refractivity contribution in [2.75, 3.05) is 12.9 Å². The number of esters is 1. The Hall–Kier alpha value is -2.39. The Labute approximate surface area is 147 Å². The van der Waals surface area contributed by atoms with Crippen LogP contribution in [-0.4, -0.2) is 49.9 Å². The molecule has 24 heavy (non-hydrogen) atoms. The molecular weight excluding hydrogens is 354 g/mol. The molecular formula is C14H14ClN5O3S. The molecule has 0 radical (unpaired) electrons. The molecule has 0 unspecified atom stereocenters. The maximum absolute atomic E-state index is 11.6. The Kier molecular flexibility index (Phi) is 5.93. The topological polar surface area (TPSA) is 114 Å². The molecule has 0 bridgehead atoms. The quantitative estimate of drug-likeness (QED) is 0.265. The highest BCUT2D eigenvalue weighted by molar-refractivity contribution is 7.99. The van der Waals surface area contributed by atoms with Crippen LogP contribution in [0.15, 0.2) is 40.8 Å². The van der Waals surface area contributed by atoms with Gasteiger partial charge in [-0.25, -0.2) is 4.79 Å². The largest absolute Gasteiger partial charge is 0.510 e. The van der Waals surface area contributed by atoms with Crippen LogP contribution in [0.4, 0.5) is 0 Å². The van der Waals surface area contributed by atoms with Gasteiger partial charge in [-0.1, -0.05) is 23.4 Å². The molecule has 10 heteroatoms. The lowest BCUT2D eigenvalue weighted by molar-refractivity contribution is -0.135. The summed E-state index contributed by atoms with van der Waals surface area (Å²) in [6.45, 7) is 1.39. The zero-order chi connectivity index (χ0) is 17.7. The monoisotopic (exact) mass is 367 g/mol. The summed E-state index contributed by atoms with van der Waals surface area (Å²) in [5.41, 5.74) is 0.444. The number of aromatic nitrogens is 4. The van der Waals surface area contributed by atoms with Crippen molar-refractivity contribution in [3.8, 4) is 5.69 Å². The first-order valence-corrected chi connectivity index (χ1v) is 8.03. The van der Waals surface area contributed by atoms with Crippen molar-refractivity contribution < 1.29 is 14.6 Å². The van der Waals surface area contributed by atoms with Crippen molar-refractivity contribution in [2.45, 2.75) is 12.1 Å². The van der Waals surface area contributed by atoms with E-state index in [1.165, 1.54) is 18.7 Å². The first kappa shape index (κ1) is 18.0. The molecule has 0 saturated carbocycles. The van der Waals surface area contributed by atoms with Crippen LogP contribution in [0.2, 0.25) is 5.02 Å². The van der Waals surface area contributed by atoms with E-state index in [4.69, 9.17) is 17.0 Å². The number of halogens is 1. The smallest absolute Gasteiger partial charge is 0.343 e. The number of nitrogens with zero attached hydrogens (tertiary/aromatic N) is 4. The van der Waals surface area contributed by atoms with Crippen LogP contribution >= 0.6 is 23.4 Å². The van der Waals surface area contributed by atoms with Crippen LogP contribution in [0, 0.1) is 5.41 Å². The second kappa shape index (κ2) is 7.93. The molecule has 1 heterocycles. The van der Waals surface area contributed by atoms with Gasteiger partial charge in [0.1, 0.15) is 11.3 Å². The standard InChI is InChI=1S/C14H14ClN5O3S/c1-8(16)12(13(22)23-2)11(21)7-24-14-17-18-19-20(14)10-5-3-9(15)4-6-10/h3-6,16,21H,7H2,1-2H3. The number of nitrogens with one attached hydrogen (secondary N) is 1. The molecule has 2 rings (SSSR count). The van der Waals surface area contributed by atoms with Crippen LogP contribution in [0.3, 0.4) is 0 Å². The Bertz CT molecular complexity index is 788. The summed E-state index contributed by atoms with van der Waals surface area (Å²) in [4.78, 5) is 11.6. The summed E-state index contributed by atoms with van der Waals surface area (Å²) < 4.78 is 6.05. The lowest BCUT2D eigenvalue weighted by Gasteiger charge is -2.08.